The summed E-state index contributed by atoms with van der Waals surface area (Å²) >= 11 is 0. The highest BCUT2D eigenvalue weighted by atomic mass is 15.1. The van der Waals surface area contributed by atoms with Crippen LogP contribution in [0.1, 0.15) is 0 Å². The van der Waals surface area contributed by atoms with Crippen molar-refractivity contribution in [2.45, 2.75) is 0 Å². The summed E-state index contributed by atoms with van der Waals surface area (Å²) in [7, 11) is 0. The molecule has 12 aromatic rings. The van der Waals surface area contributed by atoms with Gasteiger partial charge in [0, 0.05) is 16.5 Å². The Kier molecular flexibility index (Phi) is 9.58. The smallest absolute Gasteiger partial charge is 0.0540 e. The van der Waals surface area contributed by atoms with Gasteiger partial charge < -0.3 is 4.90 Å². The number of benzene rings is 12. The van der Waals surface area contributed by atoms with Gasteiger partial charge in [0.25, 0.3) is 0 Å². The standard InChI is InChI=1S/C64H43N/c1-5-19-45(20-6-1)51-39-41-61(57-30-16-13-27-53(51)57)65(62-42-40-52(46-21-7-2-8-22-46)54-28-14-17-31-58(54)62)50-36-33-44(34-37-50)49-35-38-56-55-29-15-18-32-59(55)63(47-23-9-3-10-24-47)64(60(56)43-49)48-25-11-4-12-26-48/h1-43H. The van der Waals surface area contributed by atoms with Gasteiger partial charge in [-0.3, -0.25) is 0 Å². The van der Waals surface area contributed by atoms with Crippen molar-refractivity contribution in [1.82, 2.24) is 0 Å². The summed E-state index contributed by atoms with van der Waals surface area (Å²) in [6.45, 7) is 0. The third-order valence-electron chi connectivity index (χ3n) is 13.1. The first-order valence-electron chi connectivity index (χ1n) is 22.4. The van der Waals surface area contributed by atoms with Crippen LogP contribution in [0.15, 0.2) is 261 Å². The molecule has 0 heterocycles. The highest BCUT2D eigenvalue weighted by Gasteiger charge is 2.22. The van der Waals surface area contributed by atoms with E-state index in [0.717, 1.165) is 22.6 Å². The molecule has 0 aliphatic carbocycles. The maximum absolute atomic E-state index is 2.46. The average Bonchev–Trinajstić information content (AvgIpc) is 3.39. The molecule has 12 aromatic carbocycles. The van der Waals surface area contributed by atoms with Gasteiger partial charge in [-0.1, -0.05) is 231 Å². The van der Waals surface area contributed by atoms with Crippen LogP contribution in [0.25, 0.3) is 98.7 Å². The summed E-state index contributed by atoms with van der Waals surface area (Å²) in [5, 5.41) is 9.84. The van der Waals surface area contributed by atoms with Crippen LogP contribution < -0.4 is 4.90 Å². The van der Waals surface area contributed by atoms with E-state index < -0.39 is 0 Å². The van der Waals surface area contributed by atoms with E-state index in [-0.39, 0.29) is 0 Å². The van der Waals surface area contributed by atoms with Crippen molar-refractivity contribution < 1.29 is 0 Å². The fourth-order valence-electron chi connectivity index (χ4n) is 10.1. The van der Waals surface area contributed by atoms with Crippen molar-refractivity contribution in [2.75, 3.05) is 4.90 Å². The first-order chi connectivity index (χ1) is 32.3. The lowest BCUT2D eigenvalue weighted by Crippen LogP contribution is -2.11. The first-order valence-corrected chi connectivity index (χ1v) is 22.4. The Labute approximate surface area is 379 Å². The number of rotatable bonds is 8. The second-order valence-corrected chi connectivity index (χ2v) is 16.8. The van der Waals surface area contributed by atoms with Gasteiger partial charge in [0.2, 0.25) is 0 Å². The normalized spacial score (nSPS) is 11.4. The second-order valence-electron chi connectivity index (χ2n) is 16.8. The van der Waals surface area contributed by atoms with E-state index >= 15 is 0 Å². The van der Waals surface area contributed by atoms with Crippen LogP contribution in [0.5, 0.6) is 0 Å². The molecular formula is C64H43N. The second kappa shape index (κ2) is 16.3. The zero-order valence-corrected chi connectivity index (χ0v) is 35.8. The molecule has 0 saturated carbocycles. The van der Waals surface area contributed by atoms with Crippen molar-refractivity contribution in [3.8, 4) is 55.6 Å². The van der Waals surface area contributed by atoms with E-state index in [1.165, 1.54) is 93.2 Å². The Hall–Kier alpha value is -8.52. The van der Waals surface area contributed by atoms with Crippen LogP contribution in [0, 0.1) is 0 Å². The van der Waals surface area contributed by atoms with E-state index in [0.29, 0.717) is 0 Å². The van der Waals surface area contributed by atoms with E-state index in [1.807, 2.05) is 0 Å². The van der Waals surface area contributed by atoms with Crippen LogP contribution in [-0.4, -0.2) is 0 Å². The minimum Gasteiger partial charge on any atom is -0.309 e. The van der Waals surface area contributed by atoms with E-state index in [9.17, 15) is 0 Å². The lowest BCUT2D eigenvalue weighted by molar-refractivity contribution is 1.31. The van der Waals surface area contributed by atoms with E-state index in [2.05, 4.69) is 266 Å². The maximum Gasteiger partial charge on any atom is 0.0540 e. The third kappa shape index (κ3) is 6.74. The predicted molar refractivity (Wildman–Crippen MR) is 278 cm³/mol. The molecule has 0 spiro atoms. The lowest BCUT2D eigenvalue weighted by atomic mass is 9.84. The molecule has 0 N–H and O–H groups in total. The van der Waals surface area contributed by atoms with Crippen LogP contribution in [0.4, 0.5) is 17.1 Å². The zero-order chi connectivity index (χ0) is 43.1. The van der Waals surface area contributed by atoms with E-state index in [4.69, 9.17) is 0 Å². The summed E-state index contributed by atoms with van der Waals surface area (Å²) in [6.07, 6.45) is 0. The fourth-order valence-corrected chi connectivity index (χ4v) is 10.1. The Bertz CT molecular complexity index is 3550. The highest BCUT2D eigenvalue weighted by molar-refractivity contribution is 6.22. The molecule has 0 atom stereocenters. The Morgan fingerprint density at radius 3 is 1.06 bits per heavy atom. The number of anilines is 3. The maximum atomic E-state index is 2.46. The predicted octanol–water partition coefficient (Wildman–Crippen LogP) is 18.1. The molecule has 12 rings (SSSR count). The molecule has 0 fully saturated rings. The zero-order valence-electron chi connectivity index (χ0n) is 35.8. The summed E-state index contributed by atoms with van der Waals surface area (Å²) in [5.41, 5.74) is 15.5. The minimum atomic E-state index is 1.09. The quantitative estimate of drug-likeness (QED) is 0.138. The molecule has 1 nitrogen and oxygen atoms in total. The van der Waals surface area contributed by atoms with Crippen molar-refractivity contribution in [2.24, 2.45) is 0 Å². The fraction of sp³-hybridized carbons (Fsp3) is 0. The van der Waals surface area contributed by atoms with Crippen molar-refractivity contribution in [1.29, 1.82) is 0 Å². The van der Waals surface area contributed by atoms with Gasteiger partial charge in [-0.05, 0) is 118 Å². The molecule has 0 saturated heterocycles. The molecule has 0 aromatic heterocycles. The van der Waals surface area contributed by atoms with Crippen LogP contribution >= 0.6 is 0 Å². The van der Waals surface area contributed by atoms with Crippen molar-refractivity contribution >= 4 is 60.2 Å². The topological polar surface area (TPSA) is 3.24 Å². The average molecular weight is 826 g/mol. The van der Waals surface area contributed by atoms with Crippen LogP contribution in [-0.2, 0) is 0 Å². The molecule has 0 bridgehead atoms. The SMILES string of the molecule is c1ccc(-c2ccc(N(c3ccc(-c4ccc5c(c4)c(-c4ccccc4)c(-c4ccccc4)c4ccccc45)cc3)c3ccc(-c4ccccc4)c4ccccc34)c3ccccc23)cc1. The van der Waals surface area contributed by atoms with Gasteiger partial charge in [-0.2, -0.15) is 0 Å². The summed E-state index contributed by atoms with van der Waals surface area (Å²) in [5.74, 6) is 0. The molecule has 0 unspecified atom stereocenters. The van der Waals surface area contributed by atoms with Crippen molar-refractivity contribution in [3.63, 3.8) is 0 Å². The highest BCUT2D eigenvalue weighted by Crippen LogP contribution is 2.48. The van der Waals surface area contributed by atoms with Gasteiger partial charge in [0.05, 0.1) is 11.4 Å². The minimum absolute atomic E-state index is 1.09. The molecule has 0 amide bonds. The molecule has 0 aliphatic heterocycles. The molecule has 65 heavy (non-hydrogen) atoms. The van der Waals surface area contributed by atoms with E-state index in [1.54, 1.807) is 0 Å². The van der Waals surface area contributed by atoms with Crippen LogP contribution in [0.3, 0.4) is 0 Å². The molecular weight excluding hydrogens is 783 g/mol. The number of hydrogen-bond donors (Lipinski definition) is 0. The number of nitrogens with zero attached hydrogens (tertiary/aromatic N) is 1. The monoisotopic (exact) mass is 825 g/mol. The largest absolute Gasteiger partial charge is 0.309 e. The third-order valence-corrected chi connectivity index (χ3v) is 13.1. The van der Waals surface area contributed by atoms with Gasteiger partial charge in [-0.25, -0.2) is 0 Å². The summed E-state index contributed by atoms with van der Waals surface area (Å²) in [4.78, 5) is 2.46. The lowest BCUT2D eigenvalue weighted by Gasteiger charge is -2.29. The van der Waals surface area contributed by atoms with Crippen molar-refractivity contribution in [3.05, 3.63) is 261 Å². The van der Waals surface area contributed by atoms with Gasteiger partial charge >= 0.3 is 0 Å². The first kappa shape index (κ1) is 38.2. The summed E-state index contributed by atoms with van der Waals surface area (Å²) < 4.78 is 0. The van der Waals surface area contributed by atoms with Crippen LogP contribution in [0.2, 0.25) is 0 Å². The van der Waals surface area contributed by atoms with Gasteiger partial charge in [0.15, 0.2) is 0 Å². The van der Waals surface area contributed by atoms with Gasteiger partial charge in [-0.15, -0.1) is 0 Å². The molecule has 0 radical (unpaired) electrons. The Morgan fingerprint density at radius 2 is 0.569 bits per heavy atom. The number of fused-ring (bicyclic) bond motifs is 5. The summed E-state index contributed by atoms with van der Waals surface area (Å²) in [6, 6.07) is 95.2. The molecule has 304 valence electrons. The molecule has 0 aliphatic rings. The Balaban J connectivity index is 1.06. The molecule has 1 heteroatoms. The Morgan fingerprint density at radius 1 is 0.200 bits per heavy atom. The number of hydrogen-bond acceptors (Lipinski definition) is 1. The van der Waals surface area contributed by atoms with Gasteiger partial charge in [0.1, 0.15) is 0 Å².